The Bertz CT molecular complexity index is 251. The molecule has 0 aromatic carbocycles. The van der Waals surface area contributed by atoms with Crippen LogP contribution >= 0.6 is 0 Å². The van der Waals surface area contributed by atoms with Crippen LogP contribution in [0.25, 0.3) is 0 Å². The zero-order valence-electron chi connectivity index (χ0n) is 10.1. The molecule has 0 aliphatic heterocycles. The summed E-state index contributed by atoms with van der Waals surface area (Å²) in [6.45, 7) is 6.73. The molecule has 3 rings (SSSR count). The van der Waals surface area contributed by atoms with Crippen LogP contribution in [0.2, 0.25) is 0 Å². The number of hydrogen-bond donors (Lipinski definition) is 3. The minimum Gasteiger partial charge on any atom is -0.327 e. The van der Waals surface area contributed by atoms with Crippen LogP contribution in [0.15, 0.2) is 0 Å². The van der Waals surface area contributed by atoms with Gasteiger partial charge in [0, 0.05) is 18.1 Å². The predicted molar refractivity (Wildman–Crippen MR) is 63.1 cm³/mol. The van der Waals surface area contributed by atoms with Crippen molar-refractivity contribution < 1.29 is 0 Å². The Morgan fingerprint density at radius 3 is 2.27 bits per heavy atom. The van der Waals surface area contributed by atoms with Gasteiger partial charge in [-0.1, -0.05) is 20.8 Å². The van der Waals surface area contributed by atoms with Crippen molar-refractivity contribution in [3.05, 3.63) is 0 Å². The Morgan fingerprint density at radius 1 is 1.07 bits per heavy atom. The summed E-state index contributed by atoms with van der Waals surface area (Å²) in [7, 11) is 0. The maximum absolute atomic E-state index is 6.37. The number of hydrogen-bond acceptors (Lipinski definition) is 3. The fraction of sp³-hybridized carbons (Fsp3) is 1.00. The van der Waals surface area contributed by atoms with Gasteiger partial charge in [0.05, 0.1) is 0 Å². The molecule has 0 heterocycles. The lowest BCUT2D eigenvalue weighted by molar-refractivity contribution is 0.0530. The first-order valence-corrected chi connectivity index (χ1v) is 6.12. The highest BCUT2D eigenvalue weighted by Crippen LogP contribution is 2.49. The second kappa shape index (κ2) is 3.44. The first-order valence-electron chi connectivity index (χ1n) is 6.12. The fourth-order valence-electron chi connectivity index (χ4n) is 4.04. The van der Waals surface area contributed by atoms with Gasteiger partial charge in [-0.25, -0.2) is 0 Å². The smallest absolute Gasteiger partial charge is 0.0123 e. The summed E-state index contributed by atoms with van der Waals surface area (Å²) in [5.41, 5.74) is 19.1. The molecular formula is C12H25N3. The largest absolute Gasteiger partial charge is 0.327 e. The average molecular weight is 211 g/mol. The van der Waals surface area contributed by atoms with E-state index in [1.807, 2.05) is 0 Å². The van der Waals surface area contributed by atoms with Gasteiger partial charge in [-0.2, -0.15) is 0 Å². The van der Waals surface area contributed by atoms with E-state index in [1.165, 1.54) is 0 Å². The molecule has 0 amide bonds. The third-order valence-corrected chi connectivity index (χ3v) is 5.01. The van der Waals surface area contributed by atoms with E-state index in [4.69, 9.17) is 17.2 Å². The molecule has 3 aliphatic rings. The Balaban J connectivity index is 2.40. The highest BCUT2D eigenvalue weighted by atomic mass is 14.9. The summed E-state index contributed by atoms with van der Waals surface area (Å²) in [6.07, 6.45) is 2.21. The van der Waals surface area contributed by atoms with Crippen LogP contribution in [0.4, 0.5) is 0 Å². The van der Waals surface area contributed by atoms with Crippen molar-refractivity contribution in [2.45, 2.75) is 51.7 Å². The van der Waals surface area contributed by atoms with Crippen molar-refractivity contribution in [3.8, 4) is 0 Å². The van der Waals surface area contributed by atoms with Gasteiger partial charge in [-0.05, 0) is 36.0 Å². The van der Waals surface area contributed by atoms with Crippen LogP contribution in [0.1, 0.15) is 33.6 Å². The van der Waals surface area contributed by atoms with Crippen LogP contribution in [0.3, 0.4) is 0 Å². The van der Waals surface area contributed by atoms with Crippen LogP contribution in [-0.4, -0.2) is 18.1 Å². The average Bonchev–Trinajstić information content (AvgIpc) is 2.25. The number of nitrogens with two attached hydrogens (primary N) is 3. The molecule has 0 saturated heterocycles. The summed E-state index contributed by atoms with van der Waals surface area (Å²) in [6, 6.07) is 0.719. The van der Waals surface area contributed by atoms with Gasteiger partial charge >= 0.3 is 0 Å². The molecule has 3 aliphatic carbocycles. The van der Waals surface area contributed by atoms with Crippen LogP contribution in [-0.2, 0) is 0 Å². The van der Waals surface area contributed by atoms with E-state index in [9.17, 15) is 0 Å². The minimum atomic E-state index is 0.0898. The normalized spacial score (nSPS) is 54.0. The maximum atomic E-state index is 6.37. The molecule has 0 spiro atoms. The summed E-state index contributed by atoms with van der Waals surface area (Å²) < 4.78 is 0. The van der Waals surface area contributed by atoms with Gasteiger partial charge in [-0.15, -0.1) is 0 Å². The third-order valence-electron chi connectivity index (χ3n) is 5.01. The van der Waals surface area contributed by atoms with Gasteiger partial charge in [-0.3, -0.25) is 0 Å². The molecule has 3 heteroatoms. The quantitative estimate of drug-likeness (QED) is 0.551. The summed E-state index contributed by atoms with van der Waals surface area (Å²) in [5.74, 6) is 1.50. The molecule has 3 fully saturated rings. The van der Waals surface area contributed by atoms with Crippen molar-refractivity contribution in [1.82, 2.24) is 0 Å². The molecule has 6 N–H and O–H groups in total. The first kappa shape index (κ1) is 11.4. The SMILES string of the molecule is CC1C[C@@H]2C[C@@H](N)C(C1N)C(C)(C)C2N. The van der Waals surface area contributed by atoms with Crippen LogP contribution in [0.5, 0.6) is 0 Å². The van der Waals surface area contributed by atoms with Crippen LogP contribution in [0, 0.1) is 23.2 Å². The molecule has 0 radical (unpaired) electrons. The van der Waals surface area contributed by atoms with Crippen LogP contribution < -0.4 is 17.2 Å². The topological polar surface area (TPSA) is 78.1 Å². The maximum Gasteiger partial charge on any atom is 0.0123 e. The Hall–Kier alpha value is -0.120. The van der Waals surface area contributed by atoms with Gasteiger partial charge in [0.15, 0.2) is 0 Å². The molecular weight excluding hydrogens is 186 g/mol. The number of rotatable bonds is 0. The molecule has 88 valence electrons. The van der Waals surface area contributed by atoms with E-state index in [-0.39, 0.29) is 23.5 Å². The van der Waals surface area contributed by atoms with Gasteiger partial charge in [0.25, 0.3) is 0 Å². The van der Waals surface area contributed by atoms with Gasteiger partial charge in [0.2, 0.25) is 0 Å². The van der Waals surface area contributed by atoms with Gasteiger partial charge < -0.3 is 17.2 Å². The lowest BCUT2D eigenvalue weighted by Crippen LogP contribution is -2.60. The van der Waals surface area contributed by atoms with E-state index in [0.717, 1.165) is 12.8 Å². The monoisotopic (exact) mass is 211 g/mol. The summed E-state index contributed by atoms with van der Waals surface area (Å²) in [5, 5.41) is 0. The highest BCUT2D eigenvalue weighted by Gasteiger charge is 2.53. The van der Waals surface area contributed by atoms with Crippen molar-refractivity contribution in [1.29, 1.82) is 0 Å². The second-order valence-corrected chi connectivity index (χ2v) is 6.32. The molecule has 15 heavy (non-hydrogen) atoms. The lowest BCUT2D eigenvalue weighted by atomic mass is 9.60. The van der Waals surface area contributed by atoms with Crippen molar-refractivity contribution in [2.24, 2.45) is 40.4 Å². The molecule has 6 atom stereocenters. The summed E-state index contributed by atoms with van der Waals surface area (Å²) in [4.78, 5) is 0. The van der Waals surface area contributed by atoms with E-state index < -0.39 is 0 Å². The standard InChI is InChI=1S/C12H25N3/c1-6-4-7-5-8(13)9(10(6)14)12(2,3)11(7)15/h6-11H,4-5,13-15H2,1-3H3/t6?,7-,8-,9?,10?,11?/m1/s1. The lowest BCUT2D eigenvalue weighted by Gasteiger charge is -2.49. The molecule has 3 nitrogen and oxygen atoms in total. The Morgan fingerprint density at radius 2 is 1.67 bits per heavy atom. The molecule has 2 bridgehead atoms. The van der Waals surface area contributed by atoms with Crippen molar-refractivity contribution >= 4 is 0 Å². The zero-order valence-corrected chi connectivity index (χ0v) is 10.1. The molecule has 4 unspecified atom stereocenters. The summed E-state index contributed by atoms with van der Waals surface area (Å²) >= 11 is 0. The first-order chi connectivity index (χ1) is 6.85. The Kier molecular flexibility index (Phi) is 2.61. The van der Waals surface area contributed by atoms with Crippen molar-refractivity contribution in [2.75, 3.05) is 0 Å². The predicted octanol–water partition coefficient (Wildman–Crippen LogP) is 0.670. The van der Waals surface area contributed by atoms with Gasteiger partial charge in [0.1, 0.15) is 0 Å². The fourth-order valence-corrected chi connectivity index (χ4v) is 4.04. The van der Waals surface area contributed by atoms with E-state index in [1.54, 1.807) is 0 Å². The third kappa shape index (κ3) is 1.52. The highest BCUT2D eigenvalue weighted by molar-refractivity contribution is 5.08. The molecule has 3 saturated carbocycles. The second-order valence-electron chi connectivity index (χ2n) is 6.32. The van der Waals surface area contributed by atoms with E-state index >= 15 is 0 Å². The van der Waals surface area contributed by atoms with Crippen molar-refractivity contribution in [3.63, 3.8) is 0 Å². The van der Waals surface area contributed by atoms with E-state index in [0.29, 0.717) is 17.8 Å². The minimum absolute atomic E-state index is 0.0898. The molecule has 0 aromatic rings. The molecule has 0 aromatic heterocycles. The van der Waals surface area contributed by atoms with E-state index in [2.05, 4.69) is 20.8 Å². The Labute approximate surface area is 92.8 Å². The number of fused-ring (bicyclic) bond motifs is 4. The zero-order chi connectivity index (χ0) is 11.4.